The molecule has 0 aliphatic heterocycles. The summed E-state index contributed by atoms with van der Waals surface area (Å²) < 4.78 is 32.5. The molecule has 9 heteroatoms. The van der Waals surface area contributed by atoms with Crippen LogP contribution < -0.4 is 5.32 Å². The number of nitrogens with one attached hydrogen (secondary N) is 1. The molecular weight excluding hydrogens is 392 g/mol. The van der Waals surface area contributed by atoms with E-state index in [1.807, 2.05) is 30.3 Å². The zero-order valence-electron chi connectivity index (χ0n) is 15.8. The molecule has 0 aliphatic rings. The average molecular weight is 412 g/mol. The van der Waals surface area contributed by atoms with Gasteiger partial charge < -0.3 is 9.84 Å². The number of rotatable bonds is 8. The Labute approximate surface area is 168 Å². The molecule has 0 radical (unpaired) electrons. The molecule has 3 rings (SSSR count). The Bertz CT molecular complexity index is 1090. The van der Waals surface area contributed by atoms with Crippen LogP contribution in [0, 0.1) is 0 Å². The summed E-state index contributed by atoms with van der Waals surface area (Å²) in [6.45, 7) is 4.98. The first-order valence-electron chi connectivity index (χ1n) is 8.77. The van der Waals surface area contributed by atoms with Crippen LogP contribution >= 0.6 is 0 Å². The predicted octanol–water partition coefficient (Wildman–Crippen LogP) is 3.07. The van der Waals surface area contributed by atoms with Crippen LogP contribution in [0.4, 0.5) is 5.69 Å². The van der Waals surface area contributed by atoms with Gasteiger partial charge in [0.25, 0.3) is 0 Å². The summed E-state index contributed by atoms with van der Waals surface area (Å²) in [5.41, 5.74) is 1.28. The minimum atomic E-state index is -3.84. The molecule has 0 saturated carbocycles. The molecule has 0 unspecified atom stereocenters. The maximum Gasteiger partial charge on any atom is 0.243 e. The van der Waals surface area contributed by atoms with Crippen LogP contribution in [0.2, 0.25) is 0 Å². The second kappa shape index (κ2) is 8.80. The van der Waals surface area contributed by atoms with E-state index in [4.69, 9.17) is 4.52 Å². The van der Waals surface area contributed by atoms with E-state index in [1.165, 1.54) is 41.6 Å². The van der Waals surface area contributed by atoms with Crippen LogP contribution in [0.3, 0.4) is 0 Å². The van der Waals surface area contributed by atoms with Crippen LogP contribution in [0.1, 0.15) is 12.8 Å². The van der Waals surface area contributed by atoms with Gasteiger partial charge in [-0.25, -0.2) is 8.42 Å². The van der Waals surface area contributed by atoms with Gasteiger partial charge in [-0.15, -0.1) is 6.58 Å². The summed E-state index contributed by atoms with van der Waals surface area (Å²) in [4.78, 5) is 15.5. The number of nitrogens with zero attached hydrogens (tertiary/aromatic N) is 3. The predicted molar refractivity (Wildman–Crippen MR) is 108 cm³/mol. The monoisotopic (exact) mass is 412 g/mol. The van der Waals surface area contributed by atoms with Crippen molar-refractivity contribution >= 4 is 21.6 Å². The summed E-state index contributed by atoms with van der Waals surface area (Å²) in [6.07, 6.45) is 1.48. The van der Waals surface area contributed by atoms with Gasteiger partial charge in [-0.3, -0.25) is 4.79 Å². The van der Waals surface area contributed by atoms with Crippen LogP contribution in [-0.2, 0) is 21.4 Å². The van der Waals surface area contributed by atoms with Gasteiger partial charge in [0.1, 0.15) is 0 Å². The number of hydrogen-bond acceptors (Lipinski definition) is 6. The number of amides is 1. The van der Waals surface area contributed by atoms with Crippen LogP contribution in [0.5, 0.6) is 0 Å². The number of carbonyl (C=O) groups excluding carboxylic acids is 1. The molecule has 3 aromatic rings. The second-order valence-electron chi connectivity index (χ2n) is 6.17. The molecule has 0 spiro atoms. The lowest BCUT2D eigenvalue weighted by molar-refractivity contribution is -0.114. The van der Waals surface area contributed by atoms with Gasteiger partial charge in [0.2, 0.25) is 27.6 Å². The minimum absolute atomic E-state index is 0.0683. The zero-order valence-corrected chi connectivity index (χ0v) is 16.6. The summed E-state index contributed by atoms with van der Waals surface area (Å²) in [6, 6.07) is 15.2. The Balaban J connectivity index is 1.82. The van der Waals surface area contributed by atoms with E-state index < -0.39 is 10.0 Å². The standard InChI is InChI=1S/C20H20N4O4S/c1-3-13-24(14-19-22-20(23-28-19)16-7-5-4-6-8-16)29(26,27)18-11-9-17(10-12-18)21-15(2)25/h3-12H,1,13-14H2,2H3,(H,21,25). The molecule has 29 heavy (non-hydrogen) atoms. The molecule has 1 heterocycles. The SMILES string of the molecule is C=CCN(Cc1nc(-c2ccccc2)no1)S(=O)(=O)c1ccc(NC(C)=O)cc1. The van der Waals surface area contributed by atoms with Crippen molar-refractivity contribution in [2.24, 2.45) is 0 Å². The van der Waals surface area contributed by atoms with Crippen LogP contribution in [-0.4, -0.2) is 35.3 Å². The maximum atomic E-state index is 13.0. The van der Waals surface area contributed by atoms with Gasteiger partial charge >= 0.3 is 0 Å². The van der Waals surface area contributed by atoms with E-state index in [-0.39, 0.29) is 29.8 Å². The highest BCUT2D eigenvalue weighted by molar-refractivity contribution is 7.89. The van der Waals surface area contributed by atoms with Crippen molar-refractivity contribution in [3.63, 3.8) is 0 Å². The van der Waals surface area contributed by atoms with Crippen LogP contribution in [0.25, 0.3) is 11.4 Å². The van der Waals surface area contributed by atoms with Gasteiger partial charge in [-0.2, -0.15) is 9.29 Å². The maximum absolute atomic E-state index is 13.0. The molecule has 1 N–H and O–H groups in total. The lowest BCUT2D eigenvalue weighted by Crippen LogP contribution is -2.31. The van der Waals surface area contributed by atoms with Gasteiger partial charge in [0, 0.05) is 24.7 Å². The molecule has 2 aromatic carbocycles. The molecule has 0 fully saturated rings. The van der Waals surface area contributed by atoms with E-state index in [1.54, 1.807) is 0 Å². The van der Waals surface area contributed by atoms with E-state index in [0.29, 0.717) is 11.5 Å². The van der Waals surface area contributed by atoms with Crippen molar-refractivity contribution in [1.29, 1.82) is 0 Å². The van der Waals surface area contributed by atoms with Crippen molar-refractivity contribution in [3.8, 4) is 11.4 Å². The Morgan fingerprint density at radius 1 is 1.17 bits per heavy atom. The van der Waals surface area contributed by atoms with Gasteiger partial charge in [0.15, 0.2) is 0 Å². The summed E-state index contributed by atoms with van der Waals surface area (Å²) in [5, 5.41) is 6.52. The zero-order chi connectivity index (χ0) is 20.9. The summed E-state index contributed by atoms with van der Waals surface area (Å²) in [5.74, 6) is 0.319. The van der Waals surface area contributed by atoms with Crippen molar-refractivity contribution in [3.05, 3.63) is 73.1 Å². The molecular formula is C20H20N4O4S. The van der Waals surface area contributed by atoms with Crippen molar-refractivity contribution in [2.75, 3.05) is 11.9 Å². The third-order valence-corrected chi connectivity index (χ3v) is 5.78. The minimum Gasteiger partial charge on any atom is -0.338 e. The first-order chi connectivity index (χ1) is 13.9. The first-order valence-corrected chi connectivity index (χ1v) is 10.2. The second-order valence-corrected chi connectivity index (χ2v) is 8.11. The molecule has 0 bridgehead atoms. The van der Waals surface area contributed by atoms with E-state index in [0.717, 1.165) is 5.56 Å². The largest absolute Gasteiger partial charge is 0.338 e. The van der Waals surface area contributed by atoms with E-state index >= 15 is 0 Å². The van der Waals surface area contributed by atoms with E-state index in [2.05, 4.69) is 22.0 Å². The number of aromatic nitrogens is 2. The third kappa shape index (κ3) is 4.95. The van der Waals surface area contributed by atoms with Gasteiger partial charge in [-0.1, -0.05) is 41.6 Å². The molecule has 8 nitrogen and oxygen atoms in total. The van der Waals surface area contributed by atoms with Gasteiger partial charge in [-0.05, 0) is 24.3 Å². The molecule has 0 aliphatic carbocycles. The first kappa shape index (κ1) is 20.4. The number of carbonyl (C=O) groups is 1. The lowest BCUT2D eigenvalue weighted by atomic mass is 10.2. The fraction of sp³-hybridized carbons (Fsp3) is 0.150. The van der Waals surface area contributed by atoms with Crippen molar-refractivity contribution in [2.45, 2.75) is 18.4 Å². The fourth-order valence-corrected chi connectivity index (χ4v) is 3.99. The van der Waals surface area contributed by atoms with Crippen LogP contribution in [0.15, 0.2) is 76.7 Å². The average Bonchev–Trinajstić information content (AvgIpc) is 3.17. The summed E-state index contributed by atoms with van der Waals surface area (Å²) >= 11 is 0. The molecule has 0 atom stereocenters. The topological polar surface area (TPSA) is 105 Å². The Hall–Kier alpha value is -3.30. The Morgan fingerprint density at radius 3 is 2.48 bits per heavy atom. The number of benzene rings is 2. The van der Waals surface area contributed by atoms with Crippen molar-refractivity contribution in [1.82, 2.24) is 14.4 Å². The molecule has 1 amide bonds. The fourth-order valence-electron chi connectivity index (χ4n) is 2.63. The van der Waals surface area contributed by atoms with Crippen molar-refractivity contribution < 1.29 is 17.7 Å². The highest BCUT2D eigenvalue weighted by Gasteiger charge is 2.26. The molecule has 1 aromatic heterocycles. The number of sulfonamides is 1. The van der Waals surface area contributed by atoms with E-state index in [9.17, 15) is 13.2 Å². The lowest BCUT2D eigenvalue weighted by Gasteiger charge is -2.19. The Kier molecular flexibility index (Phi) is 6.20. The normalized spacial score (nSPS) is 11.4. The summed E-state index contributed by atoms with van der Waals surface area (Å²) in [7, 11) is -3.84. The molecule has 150 valence electrons. The highest BCUT2D eigenvalue weighted by atomic mass is 32.2. The van der Waals surface area contributed by atoms with Gasteiger partial charge in [0.05, 0.1) is 11.4 Å². The smallest absolute Gasteiger partial charge is 0.243 e. The quantitative estimate of drug-likeness (QED) is 0.570. The number of hydrogen-bond donors (Lipinski definition) is 1. The third-order valence-electron chi connectivity index (χ3n) is 3.96. The Morgan fingerprint density at radius 2 is 1.86 bits per heavy atom. The highest BCUT2D eigenvalue weighted by Crippen LogP contribution is 2.21. The number of anilines is 1. The molecule has 0 saturated heterocycles.